The molecule has 0 radical (unpaired) electrons. The maximum Gasteiger partial charge on any atom is 0.252 e. The summed E-state index contributed by atoms with van der Waals surface area (Å²) in [6, 6.07) is 18.8. The molecule has 3 rings (SSSR count). The first-order valence-electron chi connectivity index (χ1n) is 7.41. The van der Waals surface area contributed by atoms with E-state index < -0.39 is 0 Å². The van der Waals surface area contributed by atoms with Crippen molar-refractivity contribution in [3.63, 3.8) is 0 Å². The first-order valence-corrected chi connectivity index (χ1v) is 7.41. The third-order valence-corrected chi connectivity index (χ3v) is 3.78. The van der Waals surface area contributed by atoms with Gasteiger partial charge >= 0.3 is 0 Å². The standard InChI is InChI=1S/C19H18N2O/c20-19-17(13-18(22)21-19)12-16-10-8-15(9-11-16)7-6-14-4-2-1-3-5-14/h1-5,8-12H,6-7,13H2,(H2,20,21,22). The Morgan fingerprint density at radius 3 is 2.18 bits per heavy atom. The molecule has 22 heavy (non-hydrogen) atoms. The molecule has 0 aromatic heterocycles. The number of aryl methyl sites for hydroxylation is 2. The SMILES string of the molecule is NC1=NC(=O)CC1=Cc1ccc(CCc2ccccc2)cc1. The van der Waals surface area contributed by atoms with E-state index in [1.807, 2.05) is 12.1 Å². The number of hydrogen-bond acceptors (Lipinski definition) is 2. The zero-order valence-corrected chi connectivity index (χ0v) is 12.3. The summed E-state index contributed by atoms with van der Waals surface area (Å²) in [5.41, 5.74) is 10.2. The molecule has 0 saturated heterocycles. The van der Waals surface area contributed by atoms with E-state index >= 15 is 0 Å². The van der Waals surface area contributed by atoms with Gasteiger partial charge in [-0.15, -0.1) is 0 Å². The Labute approximate surface area is 130 Å². The third kappa shape index (κ3) is 3.50. The summed E-state index contributed by atoms with van der Waals surface area (Å²) in [5.74, 6) is 0.182. The van der Waals surface area contributed by atoms with E-state index in [2.05, 4.69) is 53.5 Å². The van der Waals surface area contributed by atoms with Crippen LogP contribution >= 0.6 is 0 Å². The molecule has 1 aliphatic rings. The predicted molar refractivity (Wildman–Crippen MR) is 89.5 cm³/mol. The van der Waals surface area contributed by atoms with Crippen molar-refractivity contribution in [2.24, 2.45) is 10.7 Å². The maximum atomic E-state index is 11.2. The molecule has 1 aliphatic heterocycles. The number of nitrogens with zero attached hydrogens (tertiary/aromatic N) is 1. The molecule has 1 amide bonds. The van der Waals surface area contributed by atoms with Crippen LogP contribution in [0.5, 0.6) is 0 Å². The summed E-state index contributed by atoms with van der Waals surface area (Å²) in [7, 11) is 0. The lowest BCUT2D eigenvalue weighted by molar-refractivity contribution is -0.116. The highest BCUT2D eigenvalue weighted by molar-refractivity contribution is 6.14. The van der Waals surface area contributed by atoms with Crippen LogP contribution in [0, 0.1) is 0 Å². The molecule has 0 atom stereocenters. The average molecular weight is 290 g/mol. The van der Waals surface area contributed by atoms with Crippen LogP contribution in [0.4, 0.5) is 0 Å². The Balaban J connectivity index is 1.65. The number of amides is 1. The number of amidine groups is 1. The van der Waals surface area contributed by atoms with Crippen LogP contribution in [0.25, 0.3) is 6.08 Å². The van der Waals surface area contributed by atoms with Crippen molar-refractivity contribution in [1.82, 2.24) is 0 Å². The predicted octanol–water partition coefficient (Wildman–Crippen LogP) is 3.14. The van der Waals surface area contributed by atoms with E-state index in [9.17, 15) is 4.79 Å². The summed E-state index contributed by atoms with van der Waals surface area (Å²) in [6.45, 7) is 0. The van der Waals surface area contributed by atoms with E-state index in [-0.39, 0.29) is 5.91 Å². The number of rotatable bonds is 4. The zero-order valence-electron chi connectivity index (χ0n) is 12.3. The molecule has 110 valence electrons. The van der Waals surface area contributed by atoms with Gasteiger partial charge in [0.15, 0.2) is 0 Å². The quantitative estimate of drug-likeness (QED) is 0.940. The van der Waals surface area contributed by atoms with E-state index in [4.69, 9.17) is 5.73 Å². The molecular formula is C19H18N2O. The highest BCUT2D eigenvalue weighted by atomic mass is 16.1. The molecule has 0 unspecified atom stereocenters. The largest absolute Gasteiger partial charge is 0.383 e. The third-order valence-electron chi connectivity index (χ3n) is 3.78. The molecule has 3 nitrogen and oxygen atoms in total. The Morgan fingerprint density at radius 2 is 1.59 bits per heavy atom. The van der Waals surface area contributed by atoms with Gasteiger partial charge in [-0.1, -0.05) is 54.6 Å². The van der Waals surface area contributed by atoms with E-state index in [1.54, 1.807) is 0 Å². The summed E-state index contributed by atoms with van der Waals surface area (Å²) in [6.07, 6.45) is 4.30. The Bertz CT molecular complexity index is 728. The molecule has 1 heterocycles. The summed E-state index contributed by atoms with van der Waals surface area (Å²) in [5, 5.41) is 0. The van der Waals surface area contributed by atoms with E-state index in [0.29, 0.717) is 12.3 Å². The number of hydrogen-bond donors (Lipinski definition) is 1. The molecule has 2 N–H and O–H groups in total. The van der Waals surface area contributed by atoms with Crippen molar-refractivity contribution in [2.75, 3.05) is 0 Å². The van der Waals surface area contributed by atoms with E-state index in [0.717, 1.165) is 24.0 Å². The molecule has 0 fully saturated rings. The highest BCUT2D eigenvalue weighted by Crippen LogP contribution is 2.17. The monoisotopic (exact) mass is 290 g/mol. The van der Waals surface area contributed by atoms with Crippen LogP contribution < -0.4 is 5.73 Å². The number of carbonyl (C=O) groups excluding carboxylic acids is 1. The number of carbonyl (C=O) groups is 1. The molecule has 3 heteroatoms. The maximum absolute atomic E-state index is 11.2. The molecule has 0 spiro atoms. The average Bonchev–Trinajstić information content (AvgIpc) is 2.85. The van der Waals surface area contributed by atoms with Crippen LogP contribution in [-0.4, -0.2) is 11.7 Å². The lowest BCUT2D eigenvalue weighted by Gasteiger charge is -2.03. The van der Waals surface area contributed by atoms with Gasteiger partial charge in [-0.25, -0.2) is 0 Å². The second kappa shape index (κ2) is 6.39. The van der Waals surface area contributed by atoms with Crippen molar-refractivity contribution in [3.05, 3.63) is 76.9 Å². The molecular weight excluding hydrogens is 272 g/mol. The molecule has 0 bridgehead atoms. The summed E-state index contributed by atoms with van der Waals surface area (Å²) in [4.78, 5) is 15.0. The fraction of sp³-hybridized carbons (Fsp3) is 0.158. The normalized spacial score (nSPS) is 16.1. The number of aliphatic imine (C=N–C) groups is 1. The van der Waals surface area contributed by atoms with Gasteiger partial charge < -0.3 is 5.73 Å². The summed E-state index contributed by atoms with van der Waals surface area (Å²) >= 11 is 0. The van der Waals surface area contributed by atoms with Gasteiger partial charge in [0.2, 0.25) is 0 Å². The van der Waals surface area contributed by atoms with Crippen molar-refractivity contribution in [2.45, 2.75) is 19.3 Å². The first-order chi connectivity index (χ1) is 10.7. The van der Waals surface area contributed by atoms with Gasteiger partial charge in [-0.3, -0.25) is 4.79 Å². The zero-order chi connectivity index (χ0) is 15.4. The van der Waals surface area contributed by atoms with Crippen molar-refractivity contribution >= 4 is 17.8 Å². The van der Waals surface area contributed by atoms with Gasteiger partial charge in [0.25, 0.3) is 5.91 Å². The lowest BCUT2D eigenvalue weighted by atomic mass is 10.0. The van der Waals surface area contributed by atoms with Crippen LogP contribution in [0.3, 0.4) is 0 Å². The molecule has 2 aromatic rings. The van der Waals surface area contributed by atoms with Crippen molar-refractivity contribution in [1.29, 1.82) is 0 Å². The molecule has 0 aliphatic carbocycles. The van der Waals surface area contributed by atoms with Gasteiger partial charge in [0.1, 0.15) is 5.84 Å². The van der Waals surface area contributed by atoms with Crippen molar-refractivity contribution in [3.8, 4) is 0 Å². The fourth-order valence-corrected chi connectivity index (χ4v) is 2.54. The Hall–Kier alpha value is -2.68. The molecule has 0 saturated carbocycles. The molecule has 2 aromatic carbocycles. The van der Waals surface area contributed by atoms with Gasteiger partial charge in [0.05, 0.1) is 6.42 Å². The smallest absolute Gasteiger partial charge is 0.252 e. The van der Waals surface area contributed by atoms with Crippen LogP contribution in [0.2, 0.25) is 0 Å². The van der Waals surface area contributed by atoms with Crippen LogP contribution in [0.15, 0.2) is 65.2 Å². The number of nitrogens with two attached hydrogens (primary N) is 1. The van der Waals surface area contributed by atoms with Gasteiger partial charge in [-0.05, 0) is 35.6 Å². The first kappa shape index (κ1) is 14.3. The second-order valence-corrected chi connectivity index (χ2v) is 5.46. The highest BCUT2D eigenvalue weighted by Gasteiger charge is 2.17. The topological polar surface area (TPSA) is 55.4 Å². The second-order valence-electron chi connectivity index (χ2n) is 5.46. The minimum absolute atomic E-state index is 0.164. The van der Waals surface area contributed by atoms with Crippen LogP contribution in [0.1, 0.15) is 23.1 Å². The minimum atomic E-state index is -0.164. The van der Waals surface area contributed by atoms with Crippen LogP contribution in [-0.2, 0) is 17.6 Å². The number of benzene rings is 2. The lowest BCUT2D eigenvalue weighted by Crippen LogP contribution is -2.09. The van der Waals surface area contributed by atoms with Gasteiger partial charge in [0, 0.05) is 5.57 Å². The fourth-order valence-electron chi connectivity index (χ4n) is 2.54. The Morgan fingerprint density at radius 1 is 0.955 bits per heavy atom. The minimum Gasteiger partial charge on any atom is -0.383 e. The summed E-state index contributed by atoms with van der Waals surface area (Å²) < 4.78 is 0. The van der Waals surface area contributed by atoms with Crippen molar-refractivity contribution < 1.29 is 4.79 Å². The van der Waals surface area contributed by atoms with E-state index in [1.165, 1.54) is 11.1 Å². The van der Waals surface area contributed by atoms with Gasteiger partial charge in [-0.2, -0.15) is 4.99 Å². The Kier molecular flexibility index (Phi) is 4.15.